The van der Waals surface area contributed by atoms with Crippen LogP contribution in [0, 0.1) is 0 Å². The molecule has 3 aromatic rings. The van der Waals surface area contributed by atoms with Gasteiger partial charge in [-0.25, -0.2) is 8.42 Å². The Morgan fingerprint density at radius 3 is 1.96 bits per heavy atom. The molecule has 0 heterocycles. The average molecular weight is 338 g/mol. The van der Waals surface area contributed by atoms with Gasteiger partial charge < -0.3 is 5.73 Å². The number of sulfonamides is 1. The molecular weight excluding hydrogens is 320 g/mol. The molecule has 0 aliphatic rings. The summed E-state index contributed by atoms with van der Waals surface area (Å²) >= 11 is 0. The summed E-state index contributed by atoms with van der Waals surface area (Å²) in [6.07, 6.45) is 0. The van der Waals surface area contributed by atoms with Crippen molar-refractivity contribution in [2.75, 3.05) is 10.5 Å². The van der Waals surface area contributed by atoms with E-state index in [4.69, 9.17) is 5.73 Å². The van der Waals surface area contributed by atoms with E-state index in [1.54, 1.807) is 24.3 Å². The minimum atomic E-state index is -3.47. The Morgan fingerprint density at radius 1 is 0.750 bits per heavy atom. The second-order valence-corrected chi connectivity index (χ2v) is 7.27. The number of nitrogens with one attached hydrogen (secondary N) is 1. The van der Waals surface area contributed by atoms with E-state index in [-0.39, 0.29) is 5.75 Å². The molecular formula is C19H18N2O2S. The van der Waals surface area contributed by atoms with E-state index in [0.29, 0.717) is 11.4 Å². The lowest BCUT2D eigenvalue weighted by atomic mass is 10.0. The number of nitrogen functional groups attached to an aromatic ring is 1. The van der Waals surface area contributed by atoms with Gasteiger partial charge in [0.25, 0.3) is 0 Å². The van der Waals surface area contributed by atoms with Crippen LogP contribution in [-0.2, 0) is 15.8 Å². The summed E-state index contributed by atoms with van der Waals surface area (Å²) < 4.78 is 27.1. The molecule has 5 heteroatoms. The molecule has 0 fully saturated rings. The number of nitrogens with two attached hydrogens (primary N) is 1. The summed E-state index contributed by atoms with van der Waals surface area (Å²) in [5.74, 6) is -0.0769. The Balaban J connectivity index is 1.72. The molecule has 122 valence electrons. The molecule has 0 radical (unpaired) electrons. The van der Waals surface area contributed by atoms with Gasteiger partial charge in [0, 0.05) is 11.4 Å². The fourth-order valence-electron chi connectivity index (χ4n) is 2.41. The zero-order valence-corrected chi connectivity index (χ0v) is 13.8. The number of hydrogen-bond donors (Lipinski definition) is 2. The molecule has 0 aromatic heterocycles. The van der Waals surface area contributed by atoms with Gasteiger partial charge in [-0.05, 0) is 41.0 Å². The third-order valence-corrected chi connectivity index (χ3v) is 4.86. The zero-order chi connectivity index (χ0) is 17.0. The van der Waals surface area contributed by atoms with Gasteiger partial charge in [0.05, 0.1) is 5.75 Å². The molecule has 3 N–H and O–H groups in total. The Labute approximate surface area is 142 Å². The van der Waals surface area contributed by atoms with Crippen LogP contribution < -0.4 is 10.5 Å². The topological polar surface area (TPSA) is 72.2 Å². The van der Waals surface area contributed by atoms with Crippen LogP contribution in [0.2, 0.25) is 0 Å². The fraction of sp³-hybridized carbons (Fsp3) is 0.0526. The summed E-state index contributed by atoms with van der Waals surface area (Å²) in [5, 5.41) is 0. The summed E-state index contributed by atoms with van der Waals surface area (Å²) in [7, 11) is -3.47. The lowest BCUT2D eigenvalue weighted by Gasteiger charge is -2.09. The highest BCUT2D eigenvalue weighted by molar-refractivity contribution is 7.91. The van der Waals surface area contributed by atoms with Crippen LogP contribution in [0.25, 0.3) is 11.1 Å². The molecule has 0 bridgehead atoms. The van der Waals surface area contributed by atoms with Crippen molar-refractivity contribution in [1.82, 2.24) is 0 Å². The third kappa shape index (κ3) is 4.14. The van der Waals surface area contributed by atoms with Crippen molar-refractivity contribution in [2.24, 2.45) is 0 Å². The highest BCUT2D eigenvalue weighted by Crippen LogP contribution is 2.20. The van der Waals surface area contributed by atoms with Gasteiger partial charge in [0.2, 0.25) is 10.0 Å². The van der Waals surface area contributed by atoms with Gasteiger partial charge in [-0.15, -0.1) is 0 Å². The van der Waals surface area contributed by atoms with Crippen LogP contribution >= 0.6 is 0 Å². The number of benzene rings is 3. The first-order valence-corrected chi connectivity index (χ1v) is 9.17. The van der Waals surface area contributed by atoms with Gasteiger partial charge in [0.1, 0.15) is 0 Å². The van der Waals surface area contributed by atoms with Gasteiger partial charge in [0.15, 0.2) is 0 Å². The quantitative estimate of drug-likeness (QED) is 0.694. The normalized spacial score (nSPS) is 11.2. The van der Waals surface area contributed by atoms with Crippen LogP contribution in [0.15, 0.2) is 78.9 Å². The largest absolute Gasteiger partial charge is 0.399 e. The average Bonchev–Trinajstić information content (AvgIpc) is 2.58. The lowest BCUT2D eigenvalue weighted by Crippen LogP contribution is -2.15. The van der Waals surface area contributed by atoms with Crippen LogP contribution in [-0.4, -0.2) is 8.42 Å². The highest BCUT2D eigenvalue weighted by Gasteiger charge is 2.12. The smallest absolute Gasteiger partial charge is 0.236 e. The summed E-state index contributed by atoms with van der Waals surface area (Å²) in [6.45, 7) is 0. The van der Waals surface area contributed by atoms with Gasteiger partial charge in [-0.1, -0.05) is 54.6 Å². The number of rotatable bonds is 5. The van der Waals surface area contributed by atoms with Gasteiger partial charge in [-0.3, -0.25) is 4.72 Å². The van der Waals surface area contributed by atoms with Crippen molar-refractivity contribution in [1.29, 1.82) is 0 Å². The van der Waals surface area contributed by atoms with Gasteiger partial charge in [-0.2, -0.15) is 0 Å². The van der Waals surface area contributed by atoms with E-state index in [2.05, 4.69) is 4.72 Å². The van der Waals surface area contributed by atoms with Crippen molar-refractivity contribution < 1.29 is 8.42 Å². The molecule has 4 nitrogen and oxygen atoms in total. The number of hydrogen-bond acceptors (Lipinski definition) is 3. The Morgan fingerprint density at radius 2 is 1.33 bits per heavy atom. The first-order valence-electron chi connectivity index (χ1n) is 7.52. The minimum absolute atomic E-state index is 0.0769. The SMILES string of the molecule is Nc1ccc(NS(=O)(=O)Cc2ccc(-c3ccccc3)cc2)cc1. The zero-order valence-electron chi connectivity index (χ0n) is 13.0. The molecule has 3 aromatic carbocycles. The number of anilines is 2. The van der Waals surface area contributed by atoms with Crippen LogP contribution in [0.1, 0.15) is 5.56 Å². The Hall–Kier alpha value is -2.79. The fourth-order valence-corrected chi connectivity index (χ4v) is 3.61. The van der Waals surface area contributed by atoms with E-state index in [0.717, 1.165) is 16.7 Å². The maximum absolute atomic E-state index is 12.3. The van der Waals surface area contributed by atoms with E-state index >= 15 is 0 Å². The Kier molecular flexibility index (Phi) is 4.53. The second-order valence-electron chi connectivity index (χ2n) is 5.55. The molecule has 0 saturated carbocycles. The van der Waals surface area contributed by atoms with E-state index in [1.807, 2.05) is 54.6 Å². The van der Waals surface area contributed by atoms with Crippen molar-refractivity contribution in [2.45, 2.75) is 5.75 Å². The minimum Gasteiger partial charge on any atom is -0.399 e. The predicted molar refractivity (Wildman–Crippen MR) is 99.0 cm³/mol. The highest BCUT2D eigenvalue weighted by atomic mass is 32.2. The van der Waals surface area contributed by atoms with E-state index in [1.165, 1.54) is 0 Å². The summed E-state index contributed by atoms with van der Waals surface area (Å²) in [6, 6.07) is 24.1. The first kappa shape index (κ1) is 16.1. The molecule has 24 heavy (non-hydrogen) atoms. The van der Waals surface area contributed by atoms with E-state index in [9.17, 15) is 8.42 Å². The summed E-state index contributed by atoms with van der Waals surface area (Å²) in [5.41, 5.74) is 9.59. The van der Waals surface area contributed by atoms with Crippen molar-refractivity contribution in [3.63, 3.8) is 0 Å². The molecule has 0 aliphatic heterocycles. The van der Waals surface area contributed by atoms with Gasteiger partial charge >= 0.3 is 0 Å². The van der Waals surface area contributed by atoms with Crippen LogP contribution in [0.4, 0.5) is 11.4 Å². The molecule has 3 rings (SSSR count). The molecule has 0 unspecified atom stereocenters. The molecule has 0 aliphatic carbocycles. The first-order chi connectivity index (χ1) is 11.5. The monoisotopic (exact) mass is 338 g/mol. The Bertz CT molecular complexity index is 904. The molecule has 0 amide bonds. The second kappa shape index (κ2) is 6.76. The van der Waals surface area contributed by atoms with Crippen LogP contribution in [0.3, 0.4) is 0 Å². The molecule has 0 saturated heterocycles. The van der Waals surface area contributed by atoms with Crippen molar-refractivity contribution in [3.05, 3.63) is 84.4 Å². The van der Waals surface area contributed by atoms with Crippen molar-refractivity contribution in [3.8, 4) is 11.1 Å². The molecule has 0 atom stereocenters. The van der Waals surface area contributed by atoms with Crippen molar-refractivity contribution >= 4 is 21.4 Å². The molecule has 0 spiro atoms. The maximum atomic E-state index is 12.3. The predicted octanol–water partition coefficient (Wildman–Crippen LogP) is 3.88. The lowest BCUT2D eigenvalue weighted by molar-refractivity contribution is 0.600. The maximum Gasteiger partial charge on any atom is 0.236 e. The summed E-state index contributed by atoms with van der Waals surface area (Å²) in [4.78, 5) is 0. The van der Waals surface area contributed by atoms with E-state index < -0.39 is 10.0 Å². The van der Waals surface area contributed by atoms with Crippen LogP contribution in [0.5, 0.6) is 0 Å². The standard InChI is InChI=1S/C19H18N2O2S/c20-18-10-12-19(13-11-18)21-24(22,23)14-15-6-8-17(9-7-15)16-4-2-1-3-5-16/h1-13,21H,14,20H2. The third-order valence-electron chi connectivity index (χ3n) is 3.60.